The van der Waals surface area contributed by atoms with E-state index >= 15 is 0 Å². The third-order valence-electron chi connectivity index (χ3n) is 3.44. The molecule has 3 rings (SSSR count). The van der Waals surface area contributed by atoms with Crippen molar-refractivity contribution in [3.8, 4) is 16.9 Å². The molecule has 0 fully saturated rings. The van der Waals surface area contributed by atoms with Crippen LogP contribution in [0.15, 0.2) is 83.3 Å². The van der Waals surface area contributed by atoms with Gasteiger partial charge in [0.15, 0.2) is 6.61 Å². The van der Waals surface area contributed by atoms with Crippen molar-refractivity contribution >= 4 is 27.5 Å². The van der Waals surface area contributed by atoms with Crippen LogP contribution in [0.25, 0.3) is 11.1 Å². The molecule has 120 valence electrons. The van der Waals surface area contributed by atoms with E-state index < -0.39 is 0 Å². The predicted octanol–water partition coefficient (Wildman–Crippen LogP) is 5.13. The molecular weight excluding hydrogens is 366 g/mol. The molecule has 1 N–H and O–H groups in total. The second-order valence-electron chi connectivity index (χ2n) is 5.24. The van der Waals surface area contributed by atoms with E-state index in [0.29, 0.717) is 5.75 Å². The highest BCUT2D eigenvalue weighted by Crippen LogP contribution is 2.22. The van der Waals surface area contributed by atoms with Crippen molar-refractivity contribution in [2.75, 3.05) is 11.9 Å². The zero-order chi connectivity index (χ0) is 16.8. The third kappa shape index (κ3) is 4.46. The molecule has 0 spiro atoms. The molecule has 0 aromatic heterocycles. The number of carbonyl (C=O) groups is 1. The highest BCUT2D eigenvalue weighted by molar-refractivity contribution is 9.10. The summed E-state index contributed by atoms with van der Waals surface area (Å²) in [6.07, 6.45) is 0. The first-order valence-corrected chi connectivity index (χ1v) is 8.34. The maximum atomic E-state index is 11.9. The van der Waals surface area contributed by atoms with Gasteiger partial charge in [0.1, 0.15) is 5.75 Å². The summed E-state index contributed by atoms with van der Waals surface area (Å²) in [6.45, 7) is -0.0306. The van der Waals surface area contributed by atoms with E-state index in [9.17, 15) is 4.79 Å². The largest absolute Gasteiger partial charge is 0.484 e. The highest BCUT2D eigenvalue weighted by atomic mass is 79.9. The number of nitrogens with one attached hydrogen (secondary N) is 1. The number of rotatable bonds is 5. The van der Waals surface area contributed by atoms with Crippen molar-refractivity contribution < 1.29 is 9.53 Å². The molecule has 0 atom stereocenters. The number of carbonyl (C=O) groups excluding carboxylic acids is 1. The standard InChI is InChI=1S/C20H16BrNO2/c21-17-7-4-8-18(13-17)22-20(23)14-24-19-11-9-16(10-12-19)15-5-2-1-3-6-15/h1-13H,14H2,(H,22,23). The van der Waals surface area contributed by atoms with Crippen LogP contribution in [0.3, 0.4) is 0 Å². The quantitative estimate of drug-likeness (QED) is 0.664. The first kappa shape index (κ1) is 16.3. The van der Waals surface area contributed by atoms with Crippen LogP contribution in [0, 0.1) is 0 Å². The van der Waals surface area contributed by atoms with Crippen LogP contribution in [0.5, 0.6) is 5.75 Å². The Morgan fingerprint density at radius 2 is 1.58 bits per heavy atom. The zero-order valence-electron chi connectivity index (χ0n) is 12.9. The van der Waals surface area contributed by atoms with Gasteiger partial charge in [-0.2, -0.15) is 0 Å². The van der Waals surface area contributed by atoms with Gasteiger partial charge in [-0.05, 0) is 41.5 Å². The topological polar surface area (TPSA) is 38.3 Å². The summed E-state index contributed by atoms with van der Waals surface area (Å²) in [5, 5.41) is 2.80. The zero-order valence-corrected chi connectivity index (χ0v) is 14.5. The van der Waals surface area contributed by atoms with Crippen molar-refractivity contribution in [1.82, 2.24) is 0 Å². The molecular formula is C20H16BrNO2. The van der Waals surface area contributed by atoms with Crippen LogP contribution in [0.2, 0.25) is 0 Å². The number of anilines is 1. The summed E-state index contributed by atoms with van der Waals surface area (Å²) in [5.41, 5.74) is 3.00. The summed E-state index contributed by atoms with van der Waals surface area (Å²) >= 11 is 3.37. The average molecular weight is 382 g/mol. The molecule has 0 saturated carbocycles. The minimum atomic E-state index is -0.194. The van der Waals surface area contributed by atoms with Crippen LogP contribution < -0.4 is 10.1 Å². The van der Waals surface area contributed by atoms with Crippen LogP contribution in [0.1, 0.15) is 0 Å². The maximum Gasteiger partial charge on any atom is 0.262 e. The Morgan fingerprint density at radius 1 is 0.875 bits per heavy atom. The fourth-order valence-electron chi connectivity index (χ4n) is 2.29. The average Bonchev–Trinajstić information content (AvgIpc) is 2.61. The number of amides is 1. The van der Waals surface area contributed by atoms with Gasteiger partial charge in [0.2, 0.25) is 0 Å². The lowest BCUT2D eigenvalue weighted by atomic mass is 10.1. The van der Waals surface area contributed by atoms with E-state index in [1.807, 2.05) is 66.7 Å². The minimum Gasteiger partial charge on any atom is -0.484 e. The van der Waals surface area contributed by atoms with Gasteiger partial charge in [0.05, 0.1) is 0 Å². The lowest BCUT2D eigenvalue weighted by Gasteiger charge is -2.08. The van der Waals surface area contributed by atoms with Gasteiger partial charge in [-0.1, -0.05) is 64.5 Å². The van der Waals surface area contributed by atoms with Gasteiger partial charge >= 0.3 is 0 Å². The van der Waals surface area contributed by atoms with Crippen molar-refractivity contribution in [2.24, 2.45) is 0 Å². The van der Waals surface area contributed by atoms with Crippen molar-refractivity contribution in [3.63, 3.8) is 0 Å². The van der Waals surface area contributed by atoms with Gasteiger partial charge in [-0.15, -0.1) is 0 Å². The van der Waals surface area contributed by atoms with Crippen LogP contribution in [-0.4, -0.2) is 12.5 Å². The second-order valence-corrected chi connectivity index (χ2v) is 6.15. The number of benzene rings is 3. The Bertz CT molecular complexity index is 817. The maximum absolute atomic E-state index is 11.9. The monoisotopic (exact) mass is 381 g/mol. The van der Waals surface area contributed by atoms with Gasteiger partial charge in [0.25, 0.3) is 5.91 Å². The first-order valence-electron chi connectivity index (χ1n) is 7.54. The van der Waals surface area contributed by atoms with E-state index in [0.717, 1.165) is 21.3 Å². The van der Waals surface area contributed by atoms with Gasteiger partial charge < -0.3 is 10.1 Å². The molecule has 0 aliphatic rings. The first-order chi connectivity index (χ1) is 11.7. The van der Waals surface area contributed by atoms with E-state index in [-0.39, 0.29) is 12.5 Å². The van der Waals surface area contributed by atoms with Crippen LogP contribution in [0.4, 0.5) is 5.69 Å². The summed E-state index contributed by atoms with van der Waals surface area (Å²) in [7, 11) is 0. The minimum absolute atomic E-state index is 0.0306. The van der Waals surface area contributed by atoms with Crippen LogP contribution in [-0.2, 0) is 4.79 Å². The Hall–Kier alpha value is -2.59. The summed E-state index contributed by atoms with van der Waals surface area (Å²) in [6, 6.07) is 25.3. The number of hydrogen-bond donors (Lipinski definition) is 1. The molecule has 4 heteroatoms. The number of hydrogen-bond acceptors (Lipinski definition) is 2. The second kappa shape index (κ2) is 7.79. The smallest absolute Gasteiger partial charge is 0.262 e. The van der Waals surface area contributed by atoms with Gasteiger partial charge in [-0.3, -0.25) is 4.79 Å². The molecule has 24 heavy (non-hydrogen) atoms. The molecule has 0 aliphatic heterocycles. The normalized spacial score (nSPS) is 10.2. The number of halogens is 1. The lowest BCUT2D eigenvalue weighted by molar-refractivity contribution is -0.118. The lowest BCUT2D eigenvalue weighted by Crippen LogP contribution is -2.20. The summed E-state index contributed by atoms with van der Waals surface area (Å²) in [5.74, 6) is 0.472. The third-order valence-corrected chi connectivity index (χ3v) is 3.93. The summed E-state index contributed by atoms with van der Waals surface area (Å²) < 4.78 is 6.45. The molecule has 0 unspecified atom stereocenters. The Labute approximate surface area is 149 Å². The van der Waals surface area contributed by atoms with E-state index in [1.165, 1.54) is 0 Å². The van der Waals surface area contributed by atoms with Crippen molar-refractivity contribution in [3.05, 3.63) is 83.3 Å². The van der Waals surface area contributed by atoms with E-state index in [2.05, 4.69) is 33.4 Å². The SMILES string of the molecule is O=C(COc1ccc(-c2ccccc2)cc1)Nc1cccc(Br)c1. The molecule has 3 nitrogen and oxygen atoms in total. The Balaban J connectivity index is 1.56. The van der Waals surface area contributed by atoms with E-state index in [4.69, 9.17) is 4.74 Å². The van der Waals surface area contributed by atoms with Gasteiger partial charge in [-0.25, -0.2) is 0 Å². The highest BCUT2D eigenvalue weighted by Gasteiger charge is 2.04. The fourth-order valence-corrected chi connectivity index (χ4v) is 2.69. The molecule has 0 radical (unpaired) electrons. The molecule has 1 amide bonds. The fraction of sp³-hybridized carbons (Fsp3) is 0.0500. The molecule has 3 aromatic carbocycles. The van der Waals surface area contributed by atoms with E-state index in [1.54, 1.807) is 0 Å². The van der Waals surface area contributed by atoms with Crippen molar-refractivity contribution in [2.45, 2.75) is 0 Å². The Kier molecular flexibility index (Phi) is 5.29. The molecule has 0 aliphatic carbocycles. The summed E-state index contributed by atoms with van der Waals surface area (Å²) in [4.78, 5) is 11.9. The number of ether oxygens (including phenoxy) is 1. The predicted molar refractivity (Wildman–Crippen MR) is 100 cm³/mol. The Morgan fingerprint density at radius 3 is 2.29 bits per heavy atom. The van der Waals surface area contributed by atoms with Gasteiger partial charge in [0, 0.05) is 10.2 Å². The van der Waals surface area contributed by atoms with Crippen LogP contribution >= 0.6 is 15.9 Å². The molecule has 0 bridgehead atoms. The molecule has 0 saturated heterocycles. The molecule has 0 heterocycles. The molecule has 3 aromatic rings. The van der Waals surface area contributed by atoms with Crippen molar-refractivity contribution in [1.29, 1.82) is 0 Å².